The van der Waals surface area contributed by atoms with Crippen LogP contribution in [0.2, 0.25) is 0 Å². The number of allylic oxidation sites excluding steroid dienone is 2. The number of nitrogens with one attached hydrogen (secondary N) is 1. The van der Waals surface area contributed by atoms with Gasteiger partial charge in [0.1, 0.15) is 5.75 Å². The summed E-state index contributed by atoms with van der Waals surface area (Å²) in [6.45, 7) is 4.29. The van der Waals surface area contributed by atoms with Gasteiger partial charge in [0, 0.05) is 25.5 Å². The van der Waals surface area contributed by atoms with Crippen molar-refractivity contribution in [3.05, 3.63) is 66.5 Å². The van der Waals surface area contributed by atoms with Crippen LogP contribution in [0.1, 0.15) is 31.7 Å². The Morgan fingerprint density at radius 1 is 1.26 bits per heavy atom. The molecule has 0 amide bonds. The fraction of sp³-hybridized carbons (Fsp3) is 0.364. The third-order valence-corrected chi connectivity index (χ3v) is 5.03. The minimum atomic E-state index is 0.619. The van der Waals surface area contributed by atoms with E-state index in [1.165, 1.54) is 6.42 Å². The smallest absolute Gasteiger partial charge is 0.173 e. The summed E-state index contributed by atoms with van der Waals surface area (Å²) < 4.78 is 5.73. The first-order chi connectivity index (χ1) is 13.3. The average molecular weight is 382 g/mol. The molecule has 1 N–H and O–H groups in total. The van der Waals surface area contributed by atoms with Crippen molar-refractivity contribution in [3.8, 4) is 5.75 Å². The van der Waals surface area contributed by atoms with Crippen molar-refractivity contribution in [2.45, 2.75) is 32.7 Å². The van der Waals surface area contributed by atoms with Crippen molar-refractivity contribution in [3.63, 3.8) is 0 Å². The highest BCUT2D eigenvalue weighted by atomic mass is 32.1. The van der Waals surface area contributed by atoms with E-state index in [4.69, 9.17) is 17.0 Å². The van der Waals surface area contributed by atoms with Gasteiger partial charge >= 0.3 is 0 Å². The number of thiocarbonyl (C=S) groups is 1. The van der Waals surface area contributed by atoms with Gasteiger partial charge in [-0.05, 0) is 68.1 Å². The highest BCUT2D eigenvalue weighted by molar-refractivity contribution is 7.80. The number of hydrogen-bond donors (Lipinski definition) is 1. The van der Waals surface area contributed by atoms with E-state index in [1.54, 1.807) is 6.20 Å². The molecule has 1 aliphatic carbocycles. The van der Waals surface area contributed by atoms with Gasteiger partial charge in [-0.1, -0.05) is 30.4 Å². The highest BCUT2D eigenvalue weighted by Gasteiger charge is 2.18. The van der Waals surface area contributed by atoms with Crippen molar-refractivity contribution in [2.24, 2.45) is 5.92 Å². The molecule has 0 saturated carbocycles. The van der Waals surface area contributed by atoms with E-state index in [2.05, 4.69) is 33.4 Å². The normalized spacial score (nSPS) is 16.0. The summed E-state index contributed by atoms with van der Waals surface area (Å²) in [6, 6.07) is 12.0. The molecule has 0 radical (unpaired) electrons. The maximum atomic E-state index is 5.79. The molecule has 1 heterocycles. The Hall–Kier alpha value is -2.40. The second-order valence-electron chi connectivity index (χ2n) is 6.75. The lowest BCUT2D eigenvalue weighted by atomic mass is 9.94. The molecule has 5 heteroatoms. The zero-order chi connectivity index (χ0) is 18.9. The predicted molar refractivity (Wildman–Crippen MR) is 115 cm³/mol. The molecule has 1 aromatic heterocycles. The summed E-state index contributed by atoms with van der Waals surface area (Å²) in [7, 11) is 0. The largest absolute Gasteiger partial charge is 0.492 e. The number of nitrogens with zero attached hydrogens (tertiary/aromatic N) is 2. The first kappa shape index (κ1) is 19.4. The molecule has 0 saturated heterocycles. The topological polar surface area (TPSA) is 37.4 Å². The molecule has 142 valence electrons. The van der Waals surface area contributed by atoms with E-state index in [-0.39, 0.29) is 0 Å². The number of para-hydroxylation sites is 2. The van der Waals surface area contributed by atoms with Crippen LogP contribution in [0.3, 0.4) is 0 Å². The fourth-order valence-corrected chi connectivity index (χ4v) is 3.56. The zero-order valence-corrected chi connectivity index (χ0v) is 16.6. The van der Waals surface area contributed by atoms with Crippen LogP contribution in [-0.4, -0.2) is 28.1 Å². The van der Waals surface area contributed by atoms with Gasteiger partial charge in [0.05, 0.1) is 12.3 Å². The third-order valence-electron chi connectivity index (χ3n) is 4.67. The summed E-state index contributed by atoms with van der Waals surface area (Å²) >= 11 is 5.79. The predicted octanol–water partition coefficient (Wildman–Crippen LogP) is 5.04. The van der Waals surface area contributed by atoms with Gasteiger partial charge in [-0.15, -0.1) is 0 Å². The van der Waals surface area contributed by atoms with E-state index in [9.17, 15) is 0 Å². The third kappa shape index (κ3) is 5.79. The SMILES string of the molecule is CCOc1ccccc1NC(=S)N(Cc1cccnc1)CC1CC=CCC1. The monoisotopic (exact) mass is 381 g/mol. The molecule has 1 aliphatic rings. The maximum Gasteiger partial charge on any atom is 0.173 e. The molecule has 1 unspecified atom stereocenters. The van der Waals surface area contributed by atoms with Crippen LogP contribution < -0.4 is 10.1 Å². The van der Waals surface area contributed by atoms with Crippen molar-refractivity contribution in [2.75, 3.05) is 18.5 Å². The lowest BCUT2D eigenvalue weighted by Crippen LogP contribution is -2.38. The van der Waals surface area contributed by atoms with Crippen molar-refractivity contribution >= 4 is 23.0 Å². The van der Waals surface area contributed by atoms with Crippen molar-refractivity contribution in [1.29, 1.82) is 0 Å². The van der Waals surface area contributed by atoms with Crippen molar-refractivity contribution in [1.82, 2.24) is 9.88 Å². The van der Waals surface area contributed by atoms with Gasteiger partial charge in [-0.3, -0.25) is 4.98 Å². The summed E-state index contributed by atoms with van der Waals surface area (Å²) in [4.78, 5) is 6.49. The number of rotatable bonds is 7. The number of aromatic nitrogens is 1. The second kappa shape index (κ2) is 10.1. The van der Waals surface area contributed by atoms with Crippen LogP contribution in [-0.2, 0) is 6.54 Å². The summed E-state index contributed by atoms with van der Waals surface area (Å²) in [5.41, 5.74) is 2.06. The van der Waals surface area contributed by atoms with E-state index in [0.29, 0.717) is 12.5 Å². The zero-order valence-electron chi connectivity index (χ0n) is 15.8. The Bertz CT molecular complexity index is 763. The Morgan fingerprint density at radius 3 is 2.89 bits per heavy atom. The van der Waals surface area contributed by atoms with Gasteiger partial charge in [0.15, 0.2) is 5.11 Å². The Balaban J connectivity index is 1.74. The molecule has 0 fully saturated rings. The molecule has 3 rings (SSSR count). The van der Waals surface area contributed by atoms with Gasteiger partial charge in [-0.2, -0.15) is 0 Å². The highest BCUT2D eigenvalue weighted by Crippen LogP contribution is 2.25. The first-order valence-electron chi connectivity index (χ1n) is 9.58. The number of anilines is 1. The average Bonchev–Trinajstić information content (AvgIpc) is 2.71. The molecule has 1 atom stereocenters. The molecule has 0 aliphatic heterocycles. The van der Waals surface area contributed by atoms with E-state index < -0.39 is 0 Å². The van der Waals surface area contributed by atoms with Crippen LogP contribution in [0.15, 0.2) is 60.9 Å². The van der Waals surface area contributed by atoms with Crippen LogP contribution in [0, 0.1) is 5.92 Å². The number of hydrogen-bond acceptors (Lipinski definition) is 3. The molecule has 27 heavy (non-hydrogen) atoms. The Morgan fingerprint density at radius 2 is 2.15 bits per heavy atom. The van der Waals surface area contributed by atoms with Crippen LogP contribution in [0.4, 0.5) is 5.69 Å². The maximum absolute atomic E-state index is 5.79. The van der Waals surface area contributed by atoms with Gasteiger partial charge in [0.25, 0.3) is 0 Å². The molecule has 2 aromatic rings. The van der Waals surface area contributed by atoms with E-state index in [0.717, 1.165) is 48.0 Å². The molecule has 0 spiro atoms. The summed E-state index contributed by atoms with van der Waals surface area (Å²) in [5.74, 6) is 1.44. The van der Waals surface area contributed by atoms with Crippen molar-refractivity contribution < 1.29 is 4.74 Å². The lowest BCUT2D eigenvalue weighted by molar-refractivity contribution is 0.318. The standard InChI is InChI=1S/C22H27N3OS/c1-2-26-21-13-7-6-12-20(21)24-22(27)25(16-18-9-4-3-5-10-18)17-19-11-8-14-23-15-19/h3-4,6-8,11-15,18H,2,5,9-10,16-17H2,1H3,(H,24,27). The molecular weight excluding hydrogens is 354 g/mol. The Kier molecular flexibility index (Phi) is 7.22. The van der Waals surface area contributed by atoms with Gasteiger partial charge in [-0.25, -0.2) is 0 Å². The number of ether oxygens (including phenoxy) is 1. The summed E-state index contributed by atoms with van der Waals surface area (Å²) in [6.07, 6.45) is 11.7. The van der Waals surface area contributed by atoms with Gasteiger partial charge < -0.3 is 15.0 Å². The second-order valence-corrected chi connectivity index (χ2v) is 7.14. The fourth-order valence-electron chi connectivity index (χ4n) is 3.31. The minimum absolute atomic E-state index is 0.619. The quantitative estimate of drug-likeness (QED) is 0.537. The number of pyridine rings is 1. The minimum Gasteiger partial charge on any atom is -0.492 e. The molecular formula is C22H27N3OS. The van der Waals surface area contributed by atoms with E-state index >= 15 is 0 Å². The van der Waals surface area contributed by atoms with Crippen LogP contribution in [0.5, 0.6) is 5.75 Å². The molecule has 1 aromatic carbocycles. The van der Waals surface area contributed by atoms with E-state index in [1.807, 2.05) is 43.5 Å². The lowest BCUT2D eigenvalue weighted by Gasteiger charge is -2.31. The number of benzene rings is 1. The molecule has 4 nitrogen and oxygen atoms in total. The van der Waals surface area contributed by atoms with Crippen LogP contribution in [0.25, 0.3) is 0 Å². The summed E-state index contributed by atoms with van der Waals surface area (Å²) in [5, 5.41) is 4.12. The van der Waals surface area contributed by atoms with Gasteiger partial charge in [0.2, 0.25) is 0 Å². The molecule has 0 bridgehead atoms. The van der Waals surface area contributed by atoms with Crippen LogP contribution >= 0.6 is 12.2 Å². The Labute approximate surface area is 167 Å². The first-order valence-corrected chi connectivity index (χ1v) is 9.98.